The van der Waals surface area contributed by atoms with Gasteiger partial charge in [0.2, 0.25) is 5.91 Å². The number of aliphatic imine (C=N–C) groups is 1. The lowest BCUT2D eigenvalue weighted by atomic mass is 10.1. The van der Waals surface area contributed by atoms with Gasteiger partial charge in [0.1, 0.15) is 6.54 Å². The Morgan fingerprint density at radius 1 is 1.25 bits per heavy atom. The molecule has 1 fully saturated rings. The fraction of sp³-hybridized carbons (Fsp3) is 0.619. The van der Waals surface area contributed by atoms with Gasteiger partial charge in [0, 0.05) is 53.4 Å². The van der Waals surface area contributed by atoms with Crippen molar-refractivity contribution >= 4 is 11.9 Å². The van der Waals surface area contributed by atoms with E-state index in [2.05, 4.69) is 44.8 Å². The number of hydrogen-bond acceptors (Lipinski definition) is 4. The highest BCUT2D eigenvalue weighted by atomic mass is 16.5. The van der Waals surface area contributed by atoms with Crippen molar-refractivity contribution in [3.63, 3.8) is 0 Å². The topological polar surface area (TPSA) is 69.2 Å². The van der Waals surface area contributed by atoms with Crippen molar-refractivity contribution in [2.24, 2.45) is 4.99 Å². The fourth-order valence-electron chi connectivity index (χ4n) is 3.13. The number of amides is 1. The van der Waals surface area contributed by atoms with Crippen LogP contribution in [-0.4, -0.2) is 88.2 Å². The van der Waals surface area contributed by atoms with Crippen molar-refractivity contribution in [1.82, 2.24) is 20.4 Å². The van der Waals surface area contributed by atoms with Crippen molar-refractivity contribution in [3.8, 4) is 0 Å². The van der Waals surface area contributed by atoms with Crippen LogP contribution in [0.1, 0.15) is 18.4 Å². The van der Waals surface area contributed by atoms with Crippen LogP contribution in [0.25, 0.3) is 0 Å². The molecular weight excluding hydrogens is 354 g/mol. The Bertz CT molecular complexity index is 598. The van der Waals surface area contributed by atoms with Gasteiger partial charge < -0.3 is 25.2 Å². The Kier molecular flexibility index (Phi) is 9.79. The van der Waals surface area contributed by atoms with Gasteiger partial charge in [-0.15, -0.1) is 0 Å². The number of hydrogen-bond donors (Lipinski definition) is 2. The standard InChI is InChI=1S/C21H35N5O2/c1-25(2)20(27)17-23-21(22-12-9-18-7-5-4-6-8-18)24-19-10-13-26(14-11-19)15-16-28-3/h4-8,19H,9-17H2,1-3H3,(H2,22,23,24). The number of guanidine groups is 1. The van der Waals surface area contributed by atoms with Gasteiger partial charge in [-0.3, -0.25) is 4.79 Å². The molecule has 28 heavy (non-hydrogen) atoms. The Hall–Kier alpha value is -2.12. The van der Waals surface area contributed by atoms with Gasteiger partial charge in [0.25, 0.3) is 0 Å². The zero-order valence-corrected chi connectivity index (χ0v) is 17.5. The number of carbonyl (C=O) groups is 1. The molecule has 2 rings (SSSR count). The van der Waals surface area contributed by atoms with E-state index in [1.165, 1.54) is 5.56 Å². The van der Waals surface area contributed by atoms with E-state index >= 15 is 0 Å². The fourth-order valence-corrected chi connectivity index (χ4v) is 3.13. The molecule has 7 nitrogen and oxygen atoms in total. The molecule has 0 aliphatic carbocycles. The first-order valence-corrected chi connectivity index (χ1v) is 10.1. The predicted octanol–water partition coefficient (Wildman–Crippen LogP) is 0.963. The minimum atomic E-state index is -0.00135. The van der Waals surface area contributed by atoms with Gasteiger partial charge in [-0.2, -0.15) is 0 Å². The van der Waals surface area contributed by atoms with E-state index in [4.69, 9.17) is 4.74 Å². The molecule has 1 aromatic carbocycles. The van der Waals surface area contributed by atoms with Gasteiger partial charge in [-0.1, -0.05) is 30.3 Å². The monoisotopic (exact) mass is 389 g/mol. The Labute approximate surface area is 169 Å². The molecule has 7 heteroatoms. The first-order valence-electron chi connectivity index (χ1n) is 10.1. The maximum Gasteiger partial charge on any atom is 0.243 e. The van der Waals surface area contributed by atoms with Gasteiger partial charge in [0.05, 0.1) is 6.61 Å². The molecule has 1 aliphatic heterocycles. The summed E-state index contributed by atoms with van der Waals surface area (Å²) in [6, 6.07) is 10.7. The van der Waals surface area contributed by atoms with Crippen LogP contribution < -0.4 is 10.6 Å². The summed E-state index contributed by atoms with van der Waals surface area (Å²) in [7, 11) is 5.25. The number of methoxy groups -OCH3 is 1. The SMILES string of the molecule is COCCN1CCC(NC(=NCC(=O)N(C)C)NCCc2ccccc2)CC1. The average molecular weight is 390 g/mol. The molecule has 1 saturated heterocycles. The number of rotatable bonds is 9. The van der Waals surface area contributed by atoms with Crippen LogP contribution in [-0.2, 0) is 16.0 Å². The zero-order chi connectivity index (χ0) is 20.2. The lowest BCUT2D eigenvalue weighted by Gasteiger charge is -2.33. The third-order valence-electron chi connectivity index (χ3n) is 4.96. The quantitative estimate of drug-likeness (QED) is 0.486. The maximum absolute atomic E-state index is 11.9. The van der Waals surface area contributed by atoms with Crippen molar-refractivity contribution in [2.45, 2.75) is 25.3 Å². The summed E-state index contributed by atoms with van der Waals surface area (Å²) in [4.78, 5) is 20.4. The van der Waals surface area contributed by atoms with Crippen LogP contribution in [0.3, 0.4) is 0 Å². The summed E-state index contributed by atoms with van der Waals surface area (Å²) >= 11 is 0. The van der Waals surface area contributed by atoms with E-state index in [9.17, 15) is 4.79 Å². The minimum absolute atomic E-state index is 0.00135. The van der Waals surface area contributed by atoms with Crippen molar-refractivity contribution in [1.29, 1.82) is 0 Å². The summed E-state index contributed by atoms with van der Waals surface area (Å²) < 4.78 is 5.17. The molecular formula is C21H35N5O2. The van der Waals surface area contributed by atoms with Crippen molar-refractivity contribution in [2.75, 3.05) is 60.5 Å². The number of carbonyl (C=O) groups excluding carboxylic acids is 1. The second-order valence-electron chi connectivity index (χ2n) is 7.37. The van der Waals surface area contributed by atoms with Crippen LogP contribution in [0, 0.1) is 0 Å². The number of benzene rings is 1. The highest BCUT2D eigenvalue weighted by Gasteiger charge is 2.19. The summed E-state index contributed by atoms with van der Waals surface area (Å²) in [5.74, 6) is 0.722. The van der Waals surface area contributed by atoms with Crippen molar-refractivity contribution in [3.05, 3.63) is 35.9 Å². The molecule has 0 spiro atoms. The number of ether oxygens (including phenoxy) is 1. The molecule has 0 aromatic heterocycles. The van der Waals surface area contributed by atoms with E-state index in [1.54, 1.807) is 26.1 Å². The van der Waals surface area contributed by atoms with Crippen LogP contribution in [0.4, 0.5) is 0 Å². The second kappa shape index (κ2) is 12.4. The molecule has 1 aliphatic rings. The molecule has 0 radical (unpaired) electrons. The normalized spacial score (nSPS) is 16.0. The summed E-state index contributed by atoms with van der Waals surface area (Å²) in [6.45, 7) is 4.79. The minimum Gasteiger partial charge on any atom is -0.383 e. The molecule has 1 heterocycles. The van der Waals surface area contributed by atoms with Crippen molar-refractivity contribution < 1.29 is 9.53 Å². The smallest absolute Gasteiger partial charge is 0.243 e. The van der Waals surface area contributed by atoms with Gasteiger partial charge in [0.15, 0.2) is 5.96 Å². The van der Waals surface area contributed by atoms with Crippen LogP contribution in [0.15, 0.2) is 35.3 Å². The molecule has 0 unspecified atom stereocenters. The van der Waals surface area contributed by atoms with Gasteiger partial charge in [-0.05, 0) is 24.8 Å². The number of likely N-dealkylation sites (tertiary alicyclic amines) is 1. The Morgan fingerprint density at radius 2 is 1.96 bits per heavy atom. The first-order chi connectivity index (χ1) is 13.6. The predicted molar refractivity (Wildman–Crippen MR) is 114 cm³/mol. The summed E-state index contributed by atoms with van der Waals surface area (Å²) in [5.41, 5.74) is 1.28. The van der Waals surface area contributed by atoms with E-state index in [0.29, 0.717) is 6.04 Å². The molecule has 1 amide bonds. The molecule has 156 valence electrons. The average Bonchev–Trinajstić information content (AvgIpc) is 2.71. The van der Waals surface area contributed by atoms with Gasteiger partial charge in [-0.25, -0.2) is 4.99 Å². The molecule has 0 saturated carbocycles. The number of piperidine rings is 1. The lowest BCUT2D eigenvalue weighted by Crippen LogP contribution is -2.49. The van der Waals surface area contributed by atoms with E-state index < -0.39 is 0 Å². The molecule has 2 N–H and O–H groups in total. The van der Waals surface area contributed by atoms with E-state index in [0.717, 1.165) is 58.0 Å². The van der Waals surface area contributed by atoms with Crippen LogP contribution in [0.5, 0.6) is 0 Å². The third-order valence-corrected chi connectivity index (χ3v) is 4.96. The molecule has 0 atom stereocenters. The molecule has 1 aromatic rings. The number of nitrogens with zero attached hydrogens (tertiary/aromatic N) is 3. The van der Waals surface area contributed by atoms with E-state index in [-0.39, 0.29) is 12.5 Å². The second-order valence-corrected chi connectivity index (χ2v) is 7.37. The highest BCUT2D eigenvalue weighted by Crippen LogP contribution is 2.10. The van der Waals surface area contributed by atoms with Crippen LogP contribution >= 0.6 is 0 Å². The lowest BCUT2D eigenvalue weighted by molar-refractivity contribution is -0.127. The number of nitrogens with one attached hydrogen (secondary N) is 2. The zero-order valence-electron chi connectivity index (χ0n) is 17.5. The Morgan fingerprint density at radius 3 is 2.61 bits per heavy atom. The highest BCUT2D eigenvalue weighted by molar-refractivity contribution is 5.84. The third kappa shape index (κ3) is 8.27. The maximum atomic E-state index is 11.9. The Balaban J connectivity index is 1.85. The van der Waals surface area contributed by atoms with Gasteiger partial charge >= 0.3 is 0 Å². The molecule has 0 bridgehead atoms. The largest absolute Gasteiger partial charge is 0.383 e. The van der Waals surface area contributed by atoms with E-state index in [1.807, 2.05) is 6.07 Å². The first kappa shape index (κ1) is 22.2. The van der Waals surface area contributed by atoms with Crippen LogP contribution in [0.2, 0.25) is 0 Å². The summed E-state index contributed by atoms with van der Waals surface area (Å²) in [6.07, 6.45) is 3.04. The summed E-state index contributed by atoms with van der Waals surface area (Å²) in [5, 5.41) is 6.91. The number of likely N-dealkylation sites (N-methyl/N-ethyl adjacent to an activating group) is 1.